The van der Waals surface area contributed by atoms with E-state index in [9.17, 15) is 0 Å². The number of hydrogen-bond donors (Lipinski definition) is 1. The van der Waals surface area contributed by atoms with Crippen molar-refractivity contribution in [3.8, 4) is 0 Å². The first kappa shape index (κ1) is 15.4. The topological polar surface area (TPSA) is 74.2 Å². The van der Waals surface area contributed by atoms with Gasteiger partial charge < -0.3 is 15.0 Å². The second-order valence-corrected chi connectivity index (χ2v) is 6.79. The highest BCUT2D eigenvalue weighted by atomic mass is 16.5. The van der Waals surface area contributed by atoms with Crippen LogP contribution in [0.4, 0.5) is 0 Å². The molecule has 1 aliphatic rings. The molecule has 1 aromatic rings. The van der Waals surface area contributed by atoms with E-state index in [4.69, 9.17) is 15.0 Å². The molecule has 114 valence electrons. The maximum Gasteiger partial charge on any atom is 0.244 e. The summed E-state index contributed by atoms with van der Waals surface area (Å²) >= 11 is 0. The summed E-state index contributed by atoms with van der Waals surface area (Å²) in [6, 6.07) is -0.258. The summed E-state index contributed by atoms with van der Waals surface area (Å²) in [5.41, 5.74) is 5.72. The highest BCUT2D eigenvalue weighted by Gasteiger charge is 2.40. The summed E-state index contributed by atoms with van der Waals surface area (Å²) in [4.78, 5) is 4.56. The lowest BCUT2D eigenvalue weighted by Gasteiger charge is -2.34. The van der Waals surface area contributed by atoms with Crippen molar-refractivity contribution in [2.75, 3.05) is 6.61 Å². The van der Waals surface area contributed by atoms with Crippen LogP contribution in [-0.2, 0) is 10.3 Å². The maximum absolute atomic E-state index is 6.19. The van der Waals surface area contributed by atoms with Gasteiger partial charge in [0.2, 0.25) is 11.7 Å². The van der Waals surface area contributed by atoms with Crippen molar-refractivity contribution in [3.05, 3.63) is 11.7 Å². The van der Waals surface area contributed by atoms with E-state index >= 15 is 0 Å². The molecule has 1 aromatic heterocycles. The summed E-state index contributed by atoms with van der Waals surface area (Å²) in [6.07, 6.45) is 5.47. The Balaban J connectivity index is 2.25. The molecule has 1 fully saturated rings. The largest absolute Gasteiger partial charge is 0.367 e. The first-order valence-corrected chi connectivity index (χ1v) is 7.63. The van der Waals surface area contributed by atoms with Gasteiger partial charge in [0.25, 0.3) is 0 Å². The van der Waals surface area contributed by atoms with Crippen LogP contribution >= 0.6 is 0 Å². The van der Waals surface area contributed by atoms with Crippen molar-refractivity contribution in [2.24, 2.45) is 11.1 Å². The molecule has 0 aliphatic heterocycles. The van der Waals surface area contributed by atoms with E-state index in [0.29, 0.717) is 18.3 Å². The molecule has 1 heterocycles. The second-order valence-electron chi connectivity index (χ2n) is 6.79. The maximum atomic E-state index is 6.19. The van der Waals surface area contributed by atoms with E-state index in [2.05, 4.69) is 30.9 Å². The minimum atomic E-state index is -0.369. The van der Waals surface area contributed by atoms with Gasteiger partial charge in [0.15, 0.2) is 0 Å². The molecule has 0 spiro atoms. The molecule has 20 heavy (non-hydrogen) atoms. The third-order valence-corrected chi connectivity index (χ3v) is 4.13. The molecule has 2 rings (SSSR count). The summed E-state index contributed by atoms with van der Waals surface area (Å²) < 4.78 is 11.4. The van der Waals surface area contributed by atoms with Crippen molar-refractivity contribution < 1.29 is 9.26 Å². The zero-order chi connectivity index (χ0) is 14.8. The molecule has 0 aromatic carbocycles. The van der Waals surface area contributed by atoms with Gasteiger partial charge in [-0.05, 0) is 25.2 Å². The molecular weight excluding hydrogens is 254 g/mol. The third kappa shape index (κ3) is 3.04. The highest BCUT2D eigenvalue weighted by molar-refractivity contribution is 5.06. The fourth-order valence-corrected chi connectivity index (χ4v) is 2.75. The molecule has 1 atom stereocenters. The van der Waals surface area contributed by atoms with Gasteiger partial charge in [0.1, 0.15) is 5.60 Å². The van der Waals surface area contributed by atoms with Gasteiger partial charge in [-0.1, -0.05) is 45.2 Å². The van der Waals surface area contributed by atoms with Crippen LogP contribution in [0.3, 0.4) is 0 Å². The van der Waals surface area contributed by atoms with Crippen molar-refractivity contribution >= 4 is 0 Å². The highest BCUT2D eigenvalue weighted by Crippen LogP contribution is 2.40. The summed E-state index contributed by atoms with van der Waals surface area (Å²) in [7, 11) is 0. The van der Waals surface area contributed by atoms with E-state index in [0.717, 1.165) is 25.7 Å². The molecule has 0 radical (unpaired) electrons. The first-order valence-electron chi connectivity index (χ1n) is 7.63. The van der Waals surface area contributed by atoms with Crippen molar-refractivity contribution in [3.63, 3.8) is 0 Å². The number of ether oxygens (including phenoxy) is 1. The van der Waals surface area contributed by atoms with E-state index < -0.39 is 0 Å². The fourth-order valence-electron chi connectivity index (χ4n) is 2.75. The van der Waals surface area contributed by atoms with Gasteiger partial charge in [0, 0.05) is 6.61 Å². The van der Waals surface area contributed by atoms with Crippen LogP contribution < -0.4 is 5.73 Å². The predicted octanol–water partition coefficient (Wildman–Crippen LogP) is 3.31. The number of rotatable bonds is 4. The molecule has 1 unspecified atom stereocenters. The van der Waals surface area contributed by atoms with Crippen molar-refractivity contribution in [2.45, 2.75) is 71.4 Å². The molecule has 0 saturated heterocycles. The smallest absolute Gasteiger partial charge is 0.244 e. The van der Waals surface area contributed by atoms with Crippen LogP contribution in [-0.4, -0.2) is 16.7 Å². The second kappa shape index (κ2) is 5.82. The average molecular weight is 281 g/mol. The minimum absolute atomic E-state index is 0.102. The van der Waals surface area contributed by atoms with Crippen molar-refractivity contribution in [1.82, 2.24) is 10.1 Å². The van der Waals surface area contributed by atoms with Gasteiger partial charge in [-0.15, -0.1) is 0 Å². The SMILES string of the molecule is CCOC1(c2noc(C(N)C(C)(C)C)n2)CCCCC1. The van der Waals surface area contributed by atoms with Crippen LogP contribution in [0.25, 0.3) is 0 Å². The normalized spacial score (nSPS) is 20.9. The van der Waals surface area contributed by atoms with Gasteiger partial charge in [-0.25, -0.2) is 0 Å². The molecule has 1 saturated carbocycles. The third-order valence-electron chi connectivity index (χ3n) is 4.13. The summed E-state index contributed by atoms with van der Waals surface area (Å²) in [5.74, 6) is 1.19. The first-order chi connectivity index (χ1) is 9.39. The Morgan fingerprint density at radius 2 is 1.95 bits per heavy atom. The molecule has 0 bridgehead atoms. The van der Waals surface area contributed by atoms with E-state index in [1.165, 1.54) is 6.42 Å². The lowest BCUT2D eigenvalue weighted by atomic mass is 9.83. The molecule has 0 amide bonds. The van der Waals surface area contributed by atoms with Crippen LogP contribution in [0.5, 0.6) is 0 Å². The lowest BCUT2D eigenvalue weighted by molar-refractivity contribution is -0.0777. The van der Waals surface area contributed by atoms with E-state index in [1.54, 1.807) is 0 Å². The Kier molecular flexibility index (Phi) is 4.49. The van der Waals surface area contributed by atoms with Gasteiger partial charge in [0.05, 0.1) is 6.04 Å². The number of aromatic nitrogens is 2. The Morgan fingerprint density at radius 3 is 2.50 bits per heavy atom. The van der Waals surface area contributed by atoms with Crippen LogP contribution in [0, 0.1) is 5.41 Å². The molecule has 5 nitrogen and oxygen atoms in total. The molecule has 1 aliphatic carbocycles. The standard InChI is InChI=1S/C15H27N3O2/c1-5-19-15(9-7-6-8-10-15)13-17-12(20-18-13)11(16)14(2,3)4/h11H,5-10,16H2,1-4H3. The number of nitrogens with zero attached hydrogens (tertiary/aromatic N) is 2. The van der Waals surface area contributed by atoms with E-state index in [-0.39, 0.29) is 17.1 Å². The molecular formula is C15H27N3O2. The summed E-state index contributed by atoms with van der Waals surface area (Å²) in [6.45, 7) is 8.88. The van der Waals surface area contributed by atoms with Crippen LogP contribution in [0.15, 0.2) is 4.52 Å². The summed E-state index contributed by atoms with van der Waals surface area (Å²) in [5, 5.41) is 4.17. The molecule has 5 heteroatoms. The monoisotopic (exact) mass is 281 g/mol. The lowest BCUT2D eigenvalue weighted by Crippen LogP contribution is -2.34. The fraction of sp³-hybridized carbons (Fsp3) is 0.867. The minimum Gasteiger partial charge on any atom is -0.367 e. The van der Waals surface area contributed by atoms with Gasteiger partial charge in [-0.3, -0.25) is 0 Å². The van der Waals surface area contributed by atoms with Crippen molar-refractivity contribution in [1.29, 1.82) is 0 Å². The van der Waals surface area contributed by atoms with E-state index in [1.807, 2.05) is 6.92 Å². The number of nitrogens with two attached hydrogens (primary N) is 1. The van der Waals surface area contributed by atoms with Gasteiger partial charge >= 0.3 is 0 Å². The Bertz CT molecular complexity index is 425. The number of hydrogen-bond acceptors (Lipinski definition) is 5. The van der Waals surface area contributed by atoms with Crippen LogP contribution in [0.1, 0.15) is 77.6 Å². The Labute approximate surface area is 121 Å². The average Bonchev–Trinajstić information content (AvgIpc) is 2.88. The Morgan fingerprint density at radius 1 is 1.30 bits per heavy atom. The van der Waals surface area contributed by atoms with Crippen LogP contribution in [0.2, 0.25) is 0 Å². The zero-order valence-corrected chi connectivity index (χ0v) is 13.1. The quantitative estimate of drug-likeness (QED) is 0.916. The predicted molar refractivity (Wildman–Crippen MR) is 77.1 cm³/mol. The van der Waals surface area contributed by atoms with Gasteiger partial charge in [-0.2, -0.15) is 4.98 Å². The molecule has 2 N–H and O–H groups in total. The Hall–Kier alpha value is -0.940. The zero-order valence-electron chi connectivity index (χ0n) is 13.1.